The molecule has 2 nitrogen and oxygen atoms in total. The van der Waals surface area contributed by atoms with Gasteiger partial charge >= 0.3 is 0 Å². The zero-order chi connectivity index (χ0) is 10.7. The molecule has 1 aromatic rings. The van der Waals surface area contributed by atoms with E-state index in [1.807, 2.05) is 6.07 Å². The first-order valence-corrected chi connectivity index (χ1v) is 5.48. The first-order valence-electron chi connectivity index (χ1n) is 5.48. The Morgan fingerprint density at radius 2 is 2.40 bits per heavy atom. The molecule has 82 valence electrons. The third-order valence-corrected chi connectivity index (χ3v) is 2.89. The molecule has 0 radical (unpaired) electrons. The van der Waals surface area contributed by atoms with E-state index >= 15 is 0 Å². The lowest BCUT2D eigenvalue weighted by molar-refractivity contribution is 0.476. The number of hydrogen-bond acceptors (Lipinski definition) is 2. The Balaban J connectivity index is 1.97. The van der Waals surface area contributed by atoms with Crippen molar-refractivity contribution in [2.75, 3.05) is 13.1 Å². The molecule has 0 aromatic heterocycles. The van der Waals surface area contributed by atoms with Crippen LogP contribution in [0.2, 0.25) is 0 Å². The highest BCUT2D eigenvalue weighted by atomic mass is 19.1. The van der Waals surface area contributed by atoms with E-state index in [9.17, 15) is 4.39 Å². The lowest BCUT2D eigenvalue weighted by atomic mass is 10.1. The normalized spacial score (nSPS) is 22.9. The molecule has 1 aliphatic rings. The lowest BCUT2D eigenvalue weighted by Crippen LogP contribution is -2.33. The summed E-state index contributed by atoms with van der Waals surface area (Å²) in [4.78, 5) is 0. The largest absolute Gasteiger partial charge is 0.315 e. The summed E-state index contributed by atoms with van der Waals surface area (Å²) in [5.74, 6) is -0.161. The van der Waals surface area contributed by atoms with Gasteiger partial charge in [-0.1, -0.05) is 12.1 Å². The van der Waals surface area contributed by atoms with Gasteiger partial charge in [0, 0.05) is 18.6 Å². The lowest BCUT2D eigenvalue weighted by Gasteiger charge is -2.19. The minimum absolute atomic E-state index is 0.161. The van der Waals surface area contributed by atoms with Crippen molar-refractivity contribution in [1.29, 1.82) is 0 Å². The zero-order valence-corrected chi connectivity index (χ0v) is 8.96. The third-order valence-electron chi connectivity index (χ3n) is 2.89. The van der Waals surface area contributed by atoms with E-state index in [2.05, 4.69) is 17.6 Å². The van der Waals surface area contributed by atoms with Crippen LogP contribution in [-0.4, -0.2) is 19.1 Å². The molecule has 3 heteroatoms. The van der Waals surface area contributed by atoms with Crippen LogP contribution in [0.5, 0.6) is 0 Å². The summed E-state index contributed by atoms with van der Waals surface area (Å²) in [5, 5.41) is 6.80. The van der Waals surface area contributed by atoms with Crippen molar-refractivity contribution >= 4 is 0 Å². The fourth-order valence-corrected chi connectivity index (χ4v) is 2.02. The summed E-state index contributed by atoms with van der Waals surface area (Å²) >= 11 is 0. The summed E-state index contributed by atoms with van der Waals surface area (Å²) in [7, 11) is 0. The van der Waals surface area contributed by atoms with Gasteiger partial charge in [0.1, 0.15) is 5.82 Å². The molecule has 0 aliphatic carbocycles. The second-order valence-corrected chi connectivity index (χ2v) is 4.13. The Morgan fingerprint density at radius 1 is 1.53 bits per heavy atom. The second-order valence-electron chi connectivity index (χ2n) is 4.13. The predicted molar refractivity (Wildman–Crippen MR) is 59.2 cm³/mol. The second kappa shape index (κ2) is 4.73. The molecular formula is C12H17FN2. The maximum absolute atomic E-state index is 13.0. The van der Waals surface area contributed by atoms with Crippen LogP contribution in [0.15, 0.2) is 24.3 Å². The Labute approximate surface area is 89.9 Å². The summed E-state index contributed by atoms with van der Waals surface area (Å²) in [6.07, 6.45) is 1.15. The minimum atomic E-state index is -0.161. The number of rotatable bonds is 3. The van der Waals surface area contributed by atoms with Crippen LogP contribution in [0.3, 0.4) is 0 Å². The van der Waals surface area contributed by atoms with Gasteiger partial charge in [-0.15, -0.1) is 0 Å². The molecule has 1 aromatic carbocycles. The van der Waals surface area contributed by atoms with Gasteiger partial charge in [-0.25, -0.2) is 4.39 Å². The van der Waals surface area contributed by atoms with E-state index in [0.717, 1.165) is 25.1 Å². The number of nitrogens with one attached hydrogen (secondary N) is 2. The van der Waals surface area contributed by atoms with Crippen molar-refractivity contribution in [3.05, 3.63) is 35.6 Å². The average molecular weight is 208 g/mol. The molecule has 1 fully saturated rings. The van der Waals surface area contributed by atoms with Crippen LogP contribution < -0.4 is 10.6 Å². The molecule has 1 heterocycles. The standard InChI is InChI=1S/C12H17FN2/c1-9(15-12-5-6-14-8-12)10-3-2-4-11(13)7-10/h2-4,7,9,12,14-15H,5-6,8H2,1H3. The summed E-state index contributed by atoms with van der Waals surface area (Å²) in [5.41, 5.74) is 1.02. The monoisotopic (exact) mass is 208 g/mol. The highest BCUT2D eigenvalue weighted by Gasteiger charge is 2.17. The van der Waals surface area contributed by atoms with Gasteiger partial charge < -0.3 is 10.6 Å². The van der Waals surface area contributed by atoms with Gasteiger partial charge in [0.2, 0.25) is 0 Å². The maximum atomic E-state index is 13.0. The van der Waals surface area contributed by atoms with Crippen molar-refractivity contribution in [1.82, 2.24) is 10.6 Å². The highest BCUT2D eigenvalue weighted by Crippen LogP contribution is 2.15. The molecule has 2 atom stereocenters. The van der Waals surface area contributed by atoms with Crippen LogP contribution in [0.25, 0.3) is 0 Å². The van der Waals surface area contributed by atoms with E-state index in [1.54, 1.807) is 12.1 Å². The molecule has 0 amide bonds. The van der Waals surface area contributed by atoms with Gasteiger partial charge in [0.05, 0.1) is 0 Å². The topological polar surface area (TPSA) is 24.1 Å². The molecule has 1 aliphatic heterocycles. The van der Waals surface area contributed by atoms with Crippen LogP contribution in [0.4, 0.5) is 4.39 Å². The molecule has 0 saturated carbocycles. The van der Waals surface area contributed by atoms with Crippen LogP contribution >= 0.6 is 0 Å². The Hall–Kier alpha value is -0.930. The van der Waals surface area contributed by atoms with E-state index < -0.39 is 0 Å². The molecule has 0 spiro atoms. The summed E-state index contributed by atoms with van der Waals surface area (Å²) in [6.45, 7) is 4.17. The molecular weight excluding hydrogens is 191 g/mol. The highest BCUT2D eigenvalue weighted by molar-refractivity contribution is 5.19. The molecule has 0 bridgehead atoms. The number of halogens is 1. The van der Waals surface area contributed by atoms with E-state index in [4.69, 9.17) is 0 Å². The molecule has 15 heavy (non-hydrogen) atoms. The first-order chi connectivity index (χ1) is 7.25. The zero-order valence-electron chi connectivity index (χ0n) is 8.96. The Bertz CT molecular complexity index is 321. The van der Waals surface area contributed by atoms with Gasteiger partial charge in [-0.3, -0.25) is 0 Å². The smallest absolute Gasteiger partial charge is 0.123 e. The van der Waals surface area contributed by atoms with Gasteiger partial charge in [-0.2, -0.15) is 0 Å². The predicted octanol–water partition coefficient (Wildman–Crippen LogP) is 1.84. The van der Waals surface area contributed by atoms with Crippen molar-refractivity contribution in [3.8, 4) is 0 Å². The fraction of sp³-hybridized carbons (Fsp3) is 0.500. The minimum Gasteiger partial charge on any atom is -0.315 e. The maximum Gasteiger partial charge on any atom is 0.123 e. The summed E-state index contributed by atoms with van der Waals surface area (Å²) in [6, 6.07) is 7.53. The van der Waals surface area contributed by atoms with Crippen LogP contribution in [-0.2, 0) is 0 Å². The molecule has 2 N–H and O–H groups in total. The Morgan fingerprint density at radius 3 is 3.07 bits per heavy atom. The molecule has 1 saturated heterocycles. The average Bonchev–Trinajstić information content (AvgIpc) is 2.70. The van der Waals surface area contributed by atoms with Crippen molar-refractivity contribution in [2.45, 2.75) is 25.4 Å². The Kier molecular flexibility index (Phi) is 3.34. The summed E-state index contributed by atoms with van der Waals surface area (Å²) < 4.78 is 13.0. The van der Waals surface area contributed by atoms with E-state index in [1.165, 1.54) is 6.07 Å². The SMILES string of the molecule is CC(NC1CCNC1)c1cccc(F)c1. The van der Waals surface area contributed by atoms with Crippen molar-refractivity contribution < 1.29 is 4.39 Å². The van der Waals surface area contributed by atoms with E-state index in [0.29, 0.717) is 6.04 Å². The fourth-order valence-electron chi connectivity index (χ4n) is 2.02. The van der Waals surface area contributed by atoms with Crippen LogP contribution in [0, 0.1) is 5.82 Å². The number of hydrogen-bond donors (Lipinski definition) is 2. The van der Waals surface area contributed by atoms with Gasteiger partial charge in [0.15, 0.2) is 0 Å². The quantitative estimate of drug-likeness (QED) is 0.792. The van der Waals surface area contributed by atoms with Crippen molar-refractivity contribution in [3.63, 3.8) is 0 Å². The van der Waals surface area contributed by atoms with Crippen molar-refractivity contribution in [2.24, 2.45) is 0 Å². The van der Waals surface area contributed by atoms with Gasteiger partial charge in [0.25, 0.3) is 0 Å². The number of benzene rings is 1. The molecule has 2 unspecified atom stereocenters. The third kappa shape index (κ3) is 2.76. The molecule has 2 rings (SSSR count). The van der Waals surface area contributed by atoms with Crippen LogP contribution in [0.1, 0.15) is 24.9 Å². The first kappa shape index (κ1) is 10.6. The van der Waals surface area contributed by atoms with Gasteiger partial charge in [-0.05, 0) is 37.6 Å². The van der Waals surface area contributed by atoms with E-state index in [-0.39, 0.29) is 11.9 Å².